The highest BCUT2D eigenvalue weighted by Crippen LogP contribution is 2.29. The summed E-state index contributed by atoms with van der Waals surface area (Å²) >= 11 is 0. The molecular weight excluding hydrogens is 400 g/mol. The van der Waals surface area contributed by atoms with Crippen molar-refractivity contribution < 1.29 is 28.9 Å². The molecule has 0 atom stereocenters. The smallest absolute Gasteiger partial charge is 0.267 e. The summed E-state index contributed by atoms with van der Waals surface area (Å²) in [6.07, 6.45) is 1.53. The highest BCUT2D eigenvalue weighted by Gasteiger charge is 2.15. The van der Waals surface area contributed by atoms with Crippen molar-refractivity contribution >= 4 is 17.9 Å². The number of hydrogen-bond acceptors (Lipinski definition) is 6. The average Bonchev–Trinajstić information content (AvgIpc) is 2.79. The lowest BCUT2D eigenvalue weighted by atomic mass is 10.1. The van der Waals surface area contributed by atoms with Gasteiger partial charge in [-0.1, -0.05) is 6.07 Å². The molecule has 0 heterocycles. The molecule has 3 N–H and O–H groups in total. The summed E-state index contributed by atoms with van der Waals surface area (Å²) in [5.41, 5.74) is 1.03. The molecule has 8 nitrogen and oxygen atoms in total. The Hall–Kier alpha value is -3.52. The van der Waals surface area contributed by atoms with Crippen LogP contribution in [0, 0.1) is 0 Å². The first-order valence-corrected chi connectivity index (χ1v) is 9.98. The molecule has 0 unspecified atom stereocenters. The Bertz CT molecular complexity index is 909. The van der Waals surface area contributed by atoms with Crippen LogP contribution in [-0.2, 0) is 4.79 Å². The van der Waals surface area contributed by atoms with Crippen molar-refractivity contribution in [1.29, 1.82) is 0 Å². The standard InChI is InChI=1S/C23H28N2O6/c1-4-30-20-11-6-16(15-21(20)31-5-2)14-19(23(28)24-12-13-26)25-22(27)17-7-9-18(29-3)10-8-17/h6-11,14-15,26H,4-5,12-13H2,1-3H3,(H,24,28)(H,25,27)/b19-14+. The minimum absolute atomic E-state index is 0.0286. The van der Waals surface area contributed by atoms with E-state index in [2.05, 4.69) is 10.6 Å². The molecule has 0 saturated heterocycles. The Morgan fingerprint density at radius 2 is 1.68 bits per heavy atom. The Balaban J connectivity index is 2.33. The number of ether oxygens (including phenoxy) is 3. The monoisotopic (exact) mass is 428 g/mol. The highest BCUT2D eigenvalue weighted by molar-refractivity contribution is 6.05. The maximum absolute atomic E-state index is 12.7. The predicted molar refractivity (Wildman–Crippen MR) is 117 cm³/mol. The molecule has 0 spiro atoms. The molecule has 2 aromatic carbocycles. The van der Waals surface area contributed by atoms with Crippen LogP contribution in [0.2, 0.25) is 0 Å². The maximum Gasteiger partial charge on any atom is 0.267 e. The molecule has 0 aliphatic carbocycles. The summed E-state index contributed by atoms with van der Waals surface area (Å²) in [6, 6.07) is 11.7. The number of aliphatic hydroxyl groups excluding tert-OH is 1. The van der Waals surface area contributed by atoms with E-state index in [9.17, 15) is 9.59 Å². The minimum Gasteiger partial charge on any atom is -0.497 e. The van der Waals surface area contributed by atoms with Crippen LogP contribution >= 0.6 is 0 Å². The van der Waals surface area contributed by atoms with E-state index < -0.39 is 11.8 Å². The Kier molecular flexibility index (Phi) is 9.38. The molecule has 0 saturated carbocycles. The van der Waals surface area contributed by atoms with Gasteiger partial charge in [0.15, 0.2) is 11.5 Å². The molecule has 2 aromatic rings. The number of amides is 2. The second kappa shape index (κ2) is 12.2. The van der Waals surface area contributed by atoms with Gasteiger partial charge in [-0.05, 0) is 61.9 Å². The predicted octanol–water partition coefficient (Wildman–Crippen LogP) is 2.37. The lowest BCUT2D eigenvalue weighted by Gasteiger charge is -2.13. The Morgan fingerprint density at radius 1 is 1.00 bits per heavy atom. The molecule has 2 amide bonds. The fraction of sp³-hybridized carbons (Fsp3) is 0.304. The van der Waals surface area contributed by atoms with Crippen molar-refractivity contribution in [3.8, 4) is 17.2 Å². The van der Waals surface area contributed by atoms with E-state index in [1.54, 1.807) is 42.5 Å². The van der Waals surface area contributed by atoms with Gasteiger partial charge in [0.2, 0.25) is 0 Å². The van der Waals surface area contributed by atoms with E-state index in [4.69, 9.17) is 19.3 Å². The van der Waals surface area contributed by atoms with Crippen LogP contribution in [0.25, 0.3) is 6.08 Å². The Morgan fingerprint density at radius 3 is 2.29 bits per heavy atom. The fourth-order valence-corrected chi connectivity index (χ4v) is 2.68. The van der Waals surface area contributed by atoms with E-state index in [1.807, 2.05) is 13.8 Å². The molecular formula is C23H28N2O6. The van der Waals surface area contributed by atoms with Crippen LogP contribution < -0.4 is 24.8 Å². The van der Waals surface area contributed by atoms with Crippen LogP contribution in [0.1, 0.15) is 29.8 Å². The van der Waals surface area contributed by atoms with Gasteiger partial charge in [0.05, 0.1) is 26.9 Å². The van der Waals surface area contributed by atoms with Gasteiger partial charge in [0, 0.05) is 12.1 Å². The first-order chi connectivity index (χ1) is 15.0. The summed E-state index contributed by atoms with van der Waals surface area (Å²) < 4.78 is 16.3. The zero-order valence-electron chi connectivity index (χ0n) is 17.9. The second-order valence-corrected chi connectivity index (χ2v) is 6.29. The number of benzene rings is 2. The SMILES string of the molecule is CCOc1ccc(/C=C(/NC(=O)c2ccc(OC)cc2)C(=O)NCCO)cc1OCC. The number of carbonyl (C=O) groups excluding carboxylic acids is 2. The van der Waals surface area contributed by atoms with Gasteiger partial charge in [0.1, 0.15) is 11.4 Å². The van der Waals surface area contributed by atoms with Crippen LogP contribution in [-0.4, -0.2) is 50.4 Å². The fourth-order valence-electron chi connectivity index (χ4n) is 2.68. The summed E-state index contributed by atoms with van der Waals surface area (Å²) in [6.45, 7) is 4.52. The van der Waals surface area contributed by atoms with E-state index in [0.29, 0.717) is 41.6 Å². The van der Waals surface area contributed by atoms with E-state index >= 15 is 0 Å². The quantitative estimate of drug-likeness (QED) is 0.475. The molecule has 0 aromatic heterocycles. The molecule has 166 valence electrons. The van der Waals surface area contributed by atoms with Gasteiger partial charge < -0.3 is 30.0 Å². The second-order valence-electron chi connectivity index (χ2n) is 6.29. The van der Waals surface area contributed by atoms with Crippen molar-refractivity contribution in [1.82, 2.24) is 10.6 Å². The molecule has 8 heteroatoms. The normalized spacial score (nSPS) is 10.9. The number of nitrogens with one attached hydrogen (secondary N) is 2. The molecule has 0 bridgehead atoms. The first kappa shape index (κ1) is 23.8. The van der Waals surface area contributed by atoms with Gasteiger partial charge in [-0.25, -0.2) is 0 Å². The third-order valence-electron chi connectivity index (χ3n) is 4.12. The van der Waals surface area contributed by atoms with Crippen molar-refractivity contribution in [3.63, 3.8) is 0 Å². The third kappa shape index (κ3) is 7.04. The largest absolute Gasteiger partial charge is 0.497 e. The molecule has 0 fully saturated rings. The molecule has 2 rings (SSSR count). The van der Waals surface area contributed by atoms with Crippen LogP contribution in [0.4, 0.5) is 0 Å². The van der Waals surface area contributed by atoms with Crippen molar-refractivity contribution in [2.24, 2.45) is 0 Å². The van der Waals surface area contributed by atoms with Gasteiger partial charge >= 0.3 is 0 Å². The lowest BCUT2D eigenvalue weighted by molar-refractivity contribution is -0.117. The van der Waals surface area contributed by atoms with Crippen LogP contribution in [0.5, 0.6) is 17.2 Å². The number of carbonyl (C=O) groups is 2. The van der Waals surface area contributed by atoms with Gasteiger partial charge in [-0.3, -0.25) is 9.59 Å². The first-order valence-electron chi connectivity index (χ1n) is 9.98. The summed E-state index contributed by atoms with van der Waals surface area (Å²) in [5.74, 6) is 0.766. The van der Waals surface area contributed by atoms with Crippen LogP contribution in [0.15, 0.2) is 48.2 Å². The average molecular weight is 428 g/mol. The number of aliphatic hydroxyl groups is 1. The van der Waals surface area contributed by atoms with Gasteiger partial charge in [-0.15, -0.1) is 0 Å². The molecule has 0 aliphatic heterocycles. The maximum atomic E-state index is 12.7. The van der Waals surface area contributed by atoms with Crippen molar-refractivity contribution in [3.05, 3.63) is 59.3 Å². The van der Waals surface area contributed by atoms with E-state index in [1.165, 1.54) is 13.2 Å². The highest BCUT2D eigenvalue weighted by atomic mass is 16.5. The molecule has 0 aliphatic rings. The third-order valence-corrected chi connectivity index (χ3v) is 4.12. The van der Waals surface area contributed by atoms with Crippen molar-refractivity contribution in [2.75, 3.05) is 33.5 Å². The molecule has 31 heavy (non-hydrogen) atoms. The number of hydrogen-bond donors (Lipinski definition) is 3. The summed E-state index contributed by atoms with van der Waals surface area (Å²) in [5, 5.41) is 14.2. The van der Waals surface area contributed by atoms with Gasteiger partial charge in [-0.2, -0.15) is 0 Å². The molecule has 0 radical (unpaired) electrons. The summed E-state index contributed by atoms with van der Waals surface area (Å²) in [4.78, 5) is 25.2. The minimum atomic E-state index is -0.525. The zero-order valence-corrected chi connectivity index (χ0v) is 17.9. The number of methoxy groups -OCH3 is 1. The van der Waals surface area contributed by atoms with E-state index in [-0.39, 0.29) is 18.8 Å². The Labute approximate surface area is 181 Å². The van der Waals surface area contributed by atoms with Crippen LogP contribution in [0.3, 0.4) is 0 Å². The summed E-state index contributed by atoms with van der Waals surface area (Å²) in [7, 11) is 1.54. The topological polar surface area (TPSA) is 106 Å². The number of rotatable bonds is 11. The zero-order chi connectivity index (χ0) is 22.6. The van der Waals surface area contributed by atoms with Crippen molar-refractivity contribution in [2.45, 2.75) is 13.8 Å². The van der Waals surface area contributed by atoms with E-state index in [0.717, 1.165) is 0 Å². The van der Waals surface area contributed by atoms with Gasteiger partial charge in [0.25, 0.3) is 11.8 Å². The lowest BCUT2D eigenvalue weighted by Crippen LogP contribution is -2.36.